The average Bonchev–Trinajstić information content (AvgIpc) is 2.50. The van der Waals surface area contributed by atoms with Gasteiger partial charge in [-0.25, -0.2) is 0 Å². The zero-order chi connectivity index (χ0) is 15.1. The lowest BCUT2D eigenvalue weighted by Crippen LogP contribution is -2.15. The second-order valence-electron chi connectivity index (χ2n) is 4.29. The van der Waals surface area contributed by atoms with Crippen LogP contribution in [0.4, 0.5) is 5.69 Å². The summed E-state index contributed by atoms with van der Waals surface area (Å²) in [6, 6.07) is 16.4. The molecule has 0 fully saturated rings. The molecule has 0 aliphatic carbocycles. The first-order chi connectivity index (χ1) is 10.2. The first-order valence-corrected chi connectivity index (χ1v) is 7.43. The minimum Gasteiger partial charge on any atom is -0.493 e. The van der Waals surface area contributed by atoms with E-state index in [9.17, 15) is 4.79 Å². The van der Waals surface area contributed by atoms with E-state index in [-0.39, 0.29) is 12.3 Å². The van der Waals surface area contributed by atoms with Crippen LogP contribution in [0.5, 0.6) is 5.75 Å². The predicted octanol–water partition coefficient (Wildman–Crippen LogP) is 3.57. The highest BCUT2D eigenvalue weighted by Crippen LogP contribution is 2.14. The fraction of sp³-hybridized carbons (Fsp3) is 0.125. The molecule has 1 amide bonds. The number of benzene rings is 2. The van der Waals surface area contributed by atoms with E-state index in [1.807, 2.05) is 30.3 Å². The highest BCUT2D eigenvalue weighted by molar-refractivity contribution is 14.1. The second-order valence-corrected chi connectivity index (χ2v) is 5.54. The quantitative estimate of drug-likeness (QED) is 0.792. The first-order valence-electron chi connectivity index (χ1n) is 6.36. The van der Waals surface area contributed by atoms with E-state index in [0.717, 1.165) is 9.32 Å². The van der Waals surface area contributed by atoms with E-state index in [4.69, 9.17) is 10.00 Å². The van der Waals surface area contributed by atoms with Crippen LogP contribution < -0.4 is 10.1 Å². The van der Waals surface area contributed by atoms with Crippen molar-refractivity contribution in [1.29, 1.82) is 5.26 Å². The monoisotopic (exact) mass is 392 g/mol. The van der Waals surface area contributed by atoms with Gasteiger partial charge in [-0.2, -0.15) is 5.26 Å². The number of carbonyl (C=O) groups excluding carboxylic acids is 1. The third-order valence-corrected chi connectivity index (χ3v) is 3.43. The number of carbonyl (C=O) groups is 1. The normalized spacial score (nSPS) is 9.71. The molecule has 106 valence electrons. The Balaban J connectivity index is 1.76. The number of nitrogens with zero attached hydrogens (tertiary/aromatic N) is 1. The lowest BCUT2D eigenvalue weighted by atomic mass is 10.2. The molecular weight excluding hydrogens is 379 g/mol. The molecule has 4 nitrogen and oxygen atoms in total. The van der Waals surface area contributed by atoms with Crippen LogP contribution in [0.2, 0.25) is 0 Å². The number of rotatable bonds is 5. The fourth-order valence-electron chi connectivity index (χ4n) is 1.64. The van der Waals surface area contributed by atoms with Crippen LogP contribution in [-0.2, 0) is 4.79 Å². The molecule has 21 heavy (non-hydrogen) atoms. The molecule has 0 saturated carbocycles. The van der Waals surface area contributed by atoms with Crippen molar-refractivity contribution in [2.24, 2.45) is 0 Å². The lowest BCUT2D eigenvalue weighted by molar-refractivity contribution is -0.116. The summed E-state index contributed by atoms with van der Waals surface area (Å²) >= 11 is 2.22. The molecule has 0 aromatic heterocycles. The molecule has 0 atom stereocenters. The van der Waals surface area contributed by atoms with Crippen molar-refractivity contribution in [3.05, 3.63) is 57.7 Å². The van der Waals surface area contributed by atoms with Gasteiger partial charge in [0.25, 0.3) is 0 Å². The van der Waals surface area contributed by atoms with Gasteiger partial charge in [-0.15, -0.1) is 0 Å². The summed E-state index contributed by atoms with van der Waals surface area (Å²) in [4.78, 5) is 11.8. The Morgan fingerprint density at radius 2 is 1.81 bits per heavy atom. The molecule has 0 aliphatic heterocycles. The fourth-order valence-corrected chi connectivity index (χ4v) is 2.00. The van der Waals surface area contributed by atoms with Crippen molar-refractivity contribution in [2.45, 2.75) is 6.42 Å². The van der Waals surface area contributed by atoms with Crippen LogP contribution in [0, 0.1) is 14.9 Å². The van der Waals surface area contributed by atoms with Crippen LogP contribution in [0.3, 0.4) is 0 Å². The predicted molar refractivity (Wildman–Crippen MR) is 89.1 cm³/mol. The molecule has 5 heteroatoms. The molecule has 2 rings (SSSR count). The first kappa shape index (κ1) is 15.3. The lowest BCUT2D eigenvalue weighted by Gasteiger charge is -2.07. The van der Waals surface area contributed by atoms with Gasteiger partial charge in [0.2, 0.25) is 5.91 Å². The molecule has 0 spiro atoms. The number of hydrogen-bond acceptors (Lipinski definition) is 3. The van der Waals surface area contributed by atoms with Gasteiger partial charge in [-0.1, -0.05) is 0 Å². The molecule has 0 aliphatic rings. The largest absolute Gasteiger partial charge is 0.493 e. The van der Waals surface area contributed by atoms with Gasteiger partial charge < -0.3 is 10.1 Å². The van der Waals surface area contributed by atoms with E-state index < -0.39 is 0 Å². The molecular formula is C16H13IN2O2. The third-order valence-electron chi connectivity index (χ3n) is 2.71. The van der Waals surface area contributed by atoms with Gasteiger partial charge in [0, 0.05) is 9.26 Å². The van der Waals surface area contributed by atoms with Crippen molar-refractivity contribution in [1.82, 2.24) is 0 Å². The number of halogens is 1. The summed E-state index contributed by atoms with van der Waals surface area (Å²) in [6.45, 7) is 0.322. The average molecular weight is 392 g/mol. The number of amides is 1. The van der Waals surface area contributed by atoms with Crippen molar-refractivity contribution in [3.8, 4) is 11.8 Å². The topological polar surface area (TPSA) is 62.1 Å². The Labute approximate surface area is 136 Å². The Bertz CT molecular complexity index is 645. The van der Waals surface area contributed by atoms with Crippen molar-refractivity contribution in [2.75, 3.05) is 11.9 Å². The minimum absolute atomic E-state index is 0.120. The Kier molecular flexibility index (Phi) is 5.58. The third kappa shape index (κ3) is 5.08. The Hall–Kier alpha value is -2.07. The second kappa shape index (κ2) is 7.64. The number of anilines is 1. The smallest absolute Gasteiger partial charge is 0.227 e. The Morgan fingerprint density at radius 3 is 2.43 bits per heavy atom. The van der Waals surface area contributed by atoms with Gasteiger partial charge in [0.1, 0.15) is 5.75 Å². The summed E-state index contributed by atoms with van der Waals surface area (Å²) in [5.74, 6) is 0.631. The zero-order valence-corrected chi connectivity index (χ0v) is 13.3. The summed E-state index contributed by atoms with van der Waals surface area (Å²) in [5.41, 5.74) is 1.24. The highest BCUT2D eigenvalue weighted by atomic mass is 127. The summed E-state index contributed by atoms with van der Waals surface area (Å²) in [7, 11) is 0. The SMILES string of the molecule is N#Cc1ccc(NC(=O)CCOc2ccc(I)cc2)cc1. The number of nitriles is 1. The molecule has 1 N–H and O–H groups in total. The van der Waals surface area contributed by atoms with Crippen LogP contribution in [0.1, 0.15) is 12.0 Å². The van der Waals surface area contributed by atoms with Crippen LogP contribution >= 0.6 is 22.6 Å². The molecule has 0 saturated heterocycles. The standard InChI is InChI=1S/C16H13IN2O2/c17-13-3-7-15(8-4-13)21-10-9-16(20)19-14-5-1-12(11-18)2-6-14/h1-8H,9-10H2,(H,19,20). The molecule has 2 aromatic rings. The van der Waals surface area contributed by atoms with E-state index in [1.54, 1.807) is 24.3 Å². The van der Waals surface area contributed by atoms with Gasteiger partial charge in [-0.3, -0.25) is 4.79 Å². The molecule has 0 radical (unpaired) electrons. The number of nitrogens with one attached hydrogen (secondary N) is 1. The van der Waals surface area contributed by atoms with E-state index in [1.165, 1.54) is 0 Å². The van der Waals surface area contributed by atoms with Crippen molar-refractivity contribution in [3.63, 3.8) is 0 Å². The van der Waals surface area contributed by atoms with E-state index >= 15 is 0 Å². The highest BCUT2D eigenvalue weighted by Gasteiger charge is 2.03. The molecule has 0 bridgehead atoms. The van der Waals surface area contributed by atoms with Crippen LogP contribution in [0.15, 0.2) is 48.5 Å². The number of hydrogen-bond donors (Lipinski definition) is 1. The van der Waals surface area contributed by atoms with Gasteiger partial charge >= 0.3 is 0 Å². The molecule has 0 heterocycles. The van der Waals surface area contributed by atoms with Crippen LogP contribution in [-0.4, -0.2) is 12.5 Å². The summed E-state index contributed by atoms with van der Waals surface area (Å²) in [6.07, 6.45) is 0.270. The van der Waals surface area contributed by atoms with Crippen molar-refractivity contribution >= 4 is 34.2 Å². The molecule has 0 unspecified atom stereocenters. The van der Waals surface area contributed by atoms with Gasteiger partial charge in [0.15, 0.2) is 0 Å². The maximum absolute atomic E-state index is 11.8. The van der Waals surface area contributed by atoms with Gasteiger partial charge in [-0.05, 0) is 71.1 Å². The minimum atomic E-state index is -0.120. The summed E-state index contributed by atoms with van der Waals surface area (Å²) in [5, 5.41) is 11.5. The van der Waals surface area contributed by atoms with Gasteiger partial charge in [0.05, 0.1) is 24.7 Å². The van der Waals surface area contributed by atoms with E-state index in [0.29, 0.717) is 17.9 Å². The maximum atomic E-state index is 11.8. The summed E-state index contributed by atoms with van der Waals surface area (Å²) < 4.78 is 6.64. The van der Waals surface area contributed by atoms with E-state index in [2.05, 4.69) is 27.9 Å². The zero-order valence-electron chi connectivity index (χ0n) is 11.2. The maximum Gasteiger partial charge on any atom is 0.227 e. The number of ether oxygens (including phenoxy) is 1. The Morgan fingerprint density at radius 1 is 1.14 bits per heavy atom. The van der Waals surface area contributed by atoms with Crippen molar-refractivity contribution < 1.29 is 9.53 Å². The van der Waals surface area contributed by atoms with Crippen LogP contribution in [0.25, 0.3) is 0 Å². The molecule has 2 aromatic carbocycles.